The molecule has 1 aliphatic heterocycles. The minimum atomic E-state index is -1.13. The number of nitrogens with one attached hydrogen (secondary N) is 2. The van der Waals surface area contributed by atoms with Gasteiger partial charge in [-0.1, -0.05) is 57.5 Å². The number of amides is 2. The number of hydrogen-bond acceptors (Lipinski definition) is 8. The number of rotatable bonds is 8. The normalized spacial score (nSPS) is 23.6. The highest BCUT2D eigenvalue weighted by Gasteiger charge is 2.32. The summed E-state index contributed by atoms with van der Waals surface area (Å²) in [6.45, 7) is 7.25. The maximum Gasteiger partial charge on any atom is 0.347 e. The molecule has 0 saturated carbocycles. The number of methoxy groups -OCH3 is 1. The smallest absolute Gasteiger partial charge is 0.347 e. The van der Waals surface area contributed by atoms with Crippen molar-refractivity contribution in [2.75, 3.05) is 13.7 Å². The van der Waals surface area contributed by atoms with Crippen molar-refractivity contribution in [3.05, 3.63) is 65.0 Å². The maximum atomic E-state index is 13.4. The van der Waals surface area contributed by atoms with E-state index < -0.39 is 47.9 Å². The van der Waals surface area contributed by atoms with Gasteiger partial charge in [-0.15, -0.1) is 0 Å². The first-order chi connectivity index (χ1) is 21.4. The van der Waals surface area contributed by atoms with Crippen LogP contribution in [-0.2, 0) is 42.1 Å². The van der Waals surface area contributed by atoms with Crippen LogP contribution in [0.15, 0.2) is 48.7 Å². The van der Waals surface area contributed by atoms with Crippen LogP contribution in [-0.4, -0.2) is 65.4 Å². The molecule has 2 heterocycles. The monoisotopic (exact) mass is 642 g/mol. The minimum Gasteiger partial charge on any atom is -0.495 e. The molecule has 0 radical (unpaired) electrons. The van der Waals surface area contributed by atoms with E-state index in [0.29, 0.717) is 16.3 Å². The molecule has 1 aliphatic rings. The van der Waals surface area contributed by atoms with E-state index in [4.69, 9.17) is 25.8 Å². The quantitative estimate of drug-likeness (QED) is 0.412. The van der Waals surface area contributed by atoms with Crippen molar-refractivity contribution in [1.29, 1.82) is 0 Å². The molecule has 2 N–H and O–H groups in total. The number of aryl methyl sites for hydroxylation is 1. The van der Waals surface area contributed by atoms with Crippen molar-refractivity contribution in [3.8, 4) is 5.75 Å². The molecular weight excluding hydrogens is 600 g/mol. The number of hydrogen-bond donors (Lipinski definition) is 2. The number of ether oxygens (including phenoxy) is 3. The lowest BCUT2D eigenvalue weighted by molar-refractivity contribution is -0.175. The first-order valence-corrected chi connectivity index (χ1v) is 15.4. The molecule has 2 aromatic rings. The lowest BCUT2D eigenvalue weighted by Gasteiger charge is -2.26. The summed E-state index contributed by atoms with van der Waals surface area (Å²) in [6.07, 6.45) is 7.17. The van der Waals surface area contributed by atoms with Gasteiger partial charge in [0.25, 0.3) is 0 Å². The highest BCUT2D eigenvalue weighted by atomic mass is 35.5. The Bertz CT molecular complexity index is 1400. The zero-order valence-electron chi connectivity index (χ0n) is 26.6. The van der Waals surface area contributed by atoms with Crippen LogP contribution in [0.4, 0.5) is 0 Å². The van der Waals surface area contributed by atoms with Crippen molar-refractivity contribution in [1.82, 2.24) is 20.4 Å². The zero-order valence-corrected chi connectivity index (χ0v) is 27.4. The average molecular weight is 643 g/mol. The molecule has 0 spiro atoms. The van der Waals surface area contributed by atoms with Gasteiger partial charge < -0.3 is 24.8 Å². The fourth-order valence-corrected chi connectivity index (χ4v) is 4.95. The number of cyclic esters (lactones) is 2. The third kappa shape index (κ3) is 10.8. The molecule has 1 aromatic carbocycles. The molecule has 3 rings (SSSR count). The highest BCUT2D eigenvalue weighted by molar-refractivity contribution is 6.32. The number of benzene rings is 1. The van der Waals surface area contributed by atoms with E-state index in [-0.39, 0.29) is 37.6 Å². The number of carbonyl (C=O) groups excluding carboxylic acids is 4. The number of aromatic nitrogens is 2. The minimum absolute atomic E-state index is 0.0346. The molecule has 0 fully saturated rings. The summed E-state index contributed by atoms with van der Waals surface area (Å²) in [6, 6.07) is 6.00. The van der Waals surface area contributed by atoms with Gasteiger partial charge in [0.15, 0.2) is 6.10 Å². The van der Waals surface area contributed by atoms with Crippen molar-refractivity contribution in [2.45, 2.75) is 65.2 Å². The summed E-state index contributed by atoms with van der Waals surface area (Å²) in [5, 5.41) is 10.0. The van der Waals surface area contributed by atoms with Gasteiger partial charge in [-0.05, 0) is 48.3 Å². The summed E-state index contributed by atoms with van der Waals surface area (Å²) in [4.78, 5) is 52.7. The number of nitrogens with zero attached hydrogens (tertiary/aromatic N) is 2. The molecule has 0 saturated heterocycles. The Balaban J connectivity index is 1.90. The summed E-state index contributed by atoms with van der Waals surface area (Å²) in [5.74, 6) is -2.83. The molecule has 45 heavy (non-hydrogen) atoms. The molecular formula is C33H43ClN4O7. The van der Waals surface area contributed by atoms with E-state index in [1.54, 1.807) is 42.1 Å². The second kappa shape index (κ2) is 16.8. The average Bonchev–Trinajstić information content (AvgIpc) is 3.40. The Hall–Kier alpha value is -4.12. The van der Waals surface area contributed by atoms with Crippen LogP contribution in [0.1, 0.15) is 51.8 Å². The van der Waals surface area contributed by atoms with Crippen LogP contribution in [0.25, 0.3) is 6.08 Å². The summed E-state index contributed by atoms with van der Waals surface area (Å²) < 4.78 is 18.5. The molecule has 1 aromatic heterocycles. The van der Waals surface area contributed by atoms with E-state index in [2.05, 4.69) is 15.7 Å². The Morgan fingerprint density at radius 3 is 2.53 bits per heavy atom. The van der Waals surface area contributed by atoms with Gasteiger partial charge in [-0.25, -0.2) is 4.79 Å². The fraction of sp³-hybridized carbons (Fsp3) is 0.485. The molecule has 244 valence electrons. The lowest BCUT2D eigenvalue weighted by atomic mass is 9.99. The van der Waals surface area contributed by atoms with Gasteiger partial charge in [0, 0.05) is 38.5 Å². The molecule has 2 amide bonds. The maximum absolute atomic E-state index is 13.4. The Labute approximate surface area is 269 Å². The van der Waals surface area contributed by atoms with Crippen LogP contribution in [0.5, 0.6) is 5.75 Å². The lowest BCUT2D eigenvalue weighted by Crippen LogP contribution is -2.49. The largest absolute Gasteiger partial charge is 0.495 e. The van der Waals surface area contributed by atoms with Crippen LogP contribution in [0.3, 0.4) is 0 Å². The van der Waals surface area contributed by atoms with Gasteiger partial charge in [0.05, 0.1) is 23.7 Å². The van der Waals surface area contributed by atoms with E-state index in [9.17, 15) is 19.2 Å². The molecule has 11 nitrogen and oxygen atoms in total. The fourth-order valence-electron chi connectivity index (χ4n) is 4.67. The van der Waals surface area contributed by atoms with E-state index in [1.807, 2.05) is 46.0 Å². The second-order valence-corrected chi connectivity index (χ2v) is 12.1. The number of carbonyl (C=O) groups is 4. The predicted molar refractivity (Wildman–Crippen MR) is 170 cm³/mol. The zero-order chi connectivity index (χ0) is 33.1. The third-order valence-electron chi connectivity index (χ3n) is 7.40. The molecule has 0 bridgehead atoms. The molecule has 5 atom stereocenters. The van der Waals surface area contributed by atoms with Crippen molar-refractivity contribution < 1.29 is 33.4 Å². The SMILES string of the molecule is COc1ccc(C[C@H]2NC(=O)/C=C/C[C@@H](C(C)/C=C/c3ccnn3C)OC(=O)[C@H](CC(C)C)OC(=O)[C@H](C)CNC2=O)cc1Cl. The first-order valence-electron chi connectivity index (χ1n) is 15.0. The van der Waals surface area contributed by atoms with Crippen LogP contribution in [0, 0.1) is 17.8 Å². The van der Waals surface area contributed by atoms with E-state index in [0.717, 1.165) is 5.69 Å². The van der Waals surface area contributed by atoms with Crippen LogP contribution < -0.4 is 15.4 Å². The van der Waals surface area contributed by atoms with Crippen LogP contribution >= 0.6 is 11.6 Å². The van der Waals surface area contributed by atoms with Gasteiger partial charge >= 0.3 is 11.9 Å². The number of halogens is 1. The second-order valence-electron chi connectivity index (χ2n) is 11.6. The van der Waals surface area contributed by atoms with Gasteiger partial charge in [-0.3, -0.25) is 19.1 Å². The Kier molecular flexibility index (Phi) is 13.2. The van der Waals surface area contributed by atoms with E-state index in [1.165, 1.54) is 13.2 Å². The number of esters is 2. The third-order valence-corrected chi connectivity index (χ3v) is 7.70. The van der Waals surface area contributed by atoms with Crippen LogP contribution in [0.2, 0.25) is 5.02 Å². The molecule has 0 aliphatic carbocycles. The van der Waals surface area contributed by atoms with Crippen molar-refractivity contribution in [3.63, 3.8) is 0 Å². The predicted octanol–water partition coefficient (Wildman–Crippen LogP) is 4.04. The molecule has 12 heteroatoms. The van der Waals surface area contributed by atoms with Crippen molar-refractivity contribution >= 4 is 41.4 Å². The standard InChI is InChI=1S/C33H43ClN4O7/c1-20(2)16-29-33(42)44-27(21(3)10-12-24-14-15-36-38(24)5)8-7-9-30(39)37-26(31(40)35-19-22(4)32(41)45-29)18-23-11-13-28(43-6)25(34)17-23/h7,9-15,17,20-22,26-27,29H,8,16,18-19H2,1-6H3,(H,35,40)(H,37,39)/b9-7+,12-10+/t21?,22-,26-,27+,29+/m1/s1. The van der Waals surface area contributed by atoms with Gasteiger partial charge in [0.1, 0.15) is 17.9 Å². The molecule has 1 unspecified atom stereocenters. The highest BCUT2D eigenvalue weighted by Crippen LogP contribution is 2.26. The summed E-state index contributed by atoms with van der Waals surface area (Å²) in [7, 11) is 3.32. The first kappa shape index (κ1) is 35.4. The van der Waals surface area contributed by atoms with Gasteiger partial charge in [-0.2, -0.15) is 5.10 Å². The van der Waals surface area contributed by atoms with Gasteiger partial charge in [0.2, 0.25) is 11.8 Å². The van der Waals surface area contributed by atoms with E-state index >= 15 is 0 Å². The Morgan fingerprint density at radius 1 is 1.13 bits per heavy atom. The summed E-state index contributed by atoms with van der Waals surface area (Å²) >= 11 is 6.29. The Morgan fingerprint density at radius 2 is 1.89 bits per heavy atom. The van der Waals surface area contributed by atoms with Crippen molar-refractivity contribution in [2.24, 2.45) is 24.8 Å². The topological polar surface area (TPSA) is 138 Å². The summed E-state index contributed by atoms with van der Waals surface area (Å²) in [5.41, 5.74) is 1.56.